The van der Waals surface area contributed by atoms with Crippen LogP contribution in [0.1, 0.15) is 0 Å². The second-order valence-corrected chi connectivity index (χ2v) is 9.27. The van der Waals surface area contributed by atoms with E-state index in [1.165, 1.54) is 0 Å². The van der Waals surface area contributed by atoms with Gasteiger partial charge in [-0.2, -0.15) is 0 Å². The molecule has 0 bridgehead atoms. The molecule has 0 atom stereocenters. The third-order valence-electron chi connectivity index (χ3n) is 0.301. The Bertz CT molecular complexity index is 203. The maximum atomic E-state index is 9.57. The average molecular weight is 206 g/mol. The van der Waals surface area contributed by atoms with Gasteiger partial charge in [0, 0.05) is 0 Å². The number of hydrogen-bond donors (Lipinski definition) is 3. The van der Waals surface area contributed by atoms with Gasteiger partial charge in [0.15, 0.2) is 0 Å². The van der Waals surface area contributed by atoms with E-state index >= 15 is 0 Å². The summed E-state index contributed by atoms with van der Waals surface area (Å²) in [5.41, 5.74) is 0. The standard InChI is InChI=1S/AsH3O6S/c2-1(3,4)8(5,6)7/h(H2,2,3,4)(H,5,6,7). The van der Waals surface area contributed by atoms with Gasteiger partial charge in [0.25, 0.3) is 0 Å². The Labute approximate surface area is 46.9 Å². The van der Waals surface area contributed by atoms with Crippen molar-refractivity contribution in [2.45, 2.75) is 0 Å². The first kappa shape index (κ1) is 8.19. The summed E-state index contributed by atoms with van der Waals surface area (Å²) in [4.78, 5) is 0. The predicted octanol–water partition coefficient (Wildman–Crippen LogP) is -2.28. The van der Waals surface area contributed by atoms with E-state index in [0.29, 0.717) is 0 Å². The van der Waals surface area contributed by atoms with E-state index in [1.54, 1.807) is 0 Å². The molecule has 0 fully saturated rings. The first-order valence-electron chi connectivity index (χ1n) is 1.28. The van der Waals surface area contributed by atoms with Crippen LogP contribution < -0.4 is 0 Å². The third-order valence-corrected chi connectivity index (χ3v) is 4.69. The summed E-state index contributed by atoms with van der Waals surface area (Å²) >= 11 is -5.89. The van der Waals surface area contributed by atoms with Crippen LogP contribution in [0, 0.1) is 0 Å². The van der Waals surface area contributed by atoms with Crippen LogP contribution in [0.4, 0.5) is 0 Å². The Hall–Kier alpha value is 0.188. The van der Waals surface area contributed by atoms with Crippen LogP contribution in [0.2, 0.25) is 0 Å². The maximum absolute atomic E-state index is 9.57. The summed E-state index contributed by atoms with van der Waals surface area (Å²) < 4.78 is 51.5. The van der Waals surface area contributed by atoms with Gasteiger partial charge in [0.1, 0.15) is 0 Å². The summed E-state index contributed by atoms with van der Waals surface area (Å²) in [7, 11) is -5.11. The Morgan fingerprint density at radius 2 is 1.38 bits per heavy atom. The molecule has 50 valence electrons. The van der Waals surface area contributed by atoms with Gasteiger partial charge in [0.2, 0.25) is 0 Å². The first-order chi connectivity index (χ1) is 3.25. The topological polar surface area (TPSA) is 112 Å². The summed E-state index contributed by atoms with van der Waals surface area (Å²) in [6.45, 7) is 0. The summed E-state index contributed by atoms with van der Waals surface area (Å²) in [6.07, 6.45) is 0. The average Bonchev–Trinajstić information content (AvgIpc) is 1.25. The molecule has 8 heavy (non-hydrogen) atoms. The van der Waals surface area contributed by atoms with Crippen molar-refractivity contribution >= 4 is 21.4 Å². The molecule has 0 saturated carbocycles. The van der Waals surface area contributed by atoms with E-state index in [-0.39, 0.29) is 0 Å². The summed E-state index contributed by atoms with van der Waals surface area (Å²) in [6, 6.07) is 0. The minimum atomic E-state index is -5.89. The predicted molar refractivity (Wildman–Crippen MR) is 22.4 cm³/mol. The van der Waals surface area contributed by atoms with Gasteiger partial charge >= 0.3 is 46.3 Å². The van der Waals surface area contributed by atoms with Crippen molar-refractivity contribution in [1.29, 1.82) is 0 Å². The van der Waals surface area contributed by atoms with Crippen LogP contribution in [0.5, 0.6) is 0 Å². The molecule has 0 spiro atoms. The monoisotopic (exact) mass is 206 g/mol. The molecule has 0 saturated heterocycles. The van der Waals surface area contributed by atoms with Crippen LogP contribution in [0.3, 0.4) is 0 Å². The fourth-order valence-electron chi connectivity index (χ4n) is 0. The van der Waals surface area contributed by atoms with Crippen molar-refractivity contribution in [2.24, 2.45) is 0 Å². The number of rotatable bonds is 1. The Morgan fingerprint density at radius 1 is 1.25 bits per heavy atom. The van der Waals surface area contributed by atoms with Crippen LogP contribution in [-0.2, 0) is 12.1 Å². The quantitative estimate of drug-likeness (QED) is 0.329. The molecule has 0 heterocycles. The van der Waals surface area contributed by atoms with E-state index < -0.39 is 21.4 Å². The molecular formula is H3AsO6S. The van der Waals surface area contributed by atoms with Crippen molar-refractivity contribution in [3.63, 3.8) is 0 Å². The van der Waals surface area contributed by atoms with Crippen molar-refractivity contribution in [1.82, 2.24) is 0 Å². The van der Waals surface area contributed by atoms with Crippen LogP contribution in [0.15, 0.2) is 0 Å². The van der Waals surface area contributed by atoms with Crippen LogP contribution >= 0.6 is 0 Å². The van der Waals surface area contributed by atoms with E-state index in [2.05, 4.69) is 0 Å². The summed E-state index contributed by atoms with van der Waals surface area (Å²) in [5.74, 6) is 0. The third kappa shape index (κ3) is 1.97. The second-order valence-electron chi connectivity index (χ2n) is 0.938. The first-order valence-corrected chi connectivity index (χ1v) is 7.42. The molecule has 6 nitrogen and oxygen atoms in total. The van der Waals surface area contributed by atoms with Crippen LogP contribution in [0.25, 0.3) is 0 Å². The van der Waals surface area contributed by atoms with E-state index in [1.807, 2.05) is 0 Å². The second kappa shape index (κ2) is 1.85. The molecule has 0 aromatic heterocycles. The molecule has 0 amide bonds. The molecule has 0 aliphatic heterocycles. The fraction of sp³-hybridized carbons (Fsp3) is 0. The van der Waals surface area contributed by atoms with Crippen molar-refractivity contribution in [3.8, 4) is 0 Å². The molecule has 0 aliphatic carbocycles. The number of hydrogen-bond acceptors (Lipinski definition) is 3. The zero-order valence-electron chi connectivity index (χ0n) is 3.42. The SMILES string of the molecule is O=S(=O)(O)[As](=O)(O)O. The Morgan fingerprint density at radius 3 is 1.38 bits per heavy atom. The molecule has 0 unspecified atom stereocenters. The van der Waals surface area contributed by atoms with Gasteiger partial charge in [-0.05, 0) is 0 Å². The molecule has 0 aromatic carbocycles. The van der Waals surface area contributed by atoms with E-state index in [4.69, 9.17) is 12.7 Å². The van der Waals surface area contributed by atoms with Crippen molar-refractivity contribution < 1.29 is 24.9 Å². The molecule has 3 N–H and O–H groups in total. The Kier molecular flexibility index (Phi) is 1.90. The molecule has 0 aromatic rings. The van der Waals surface area contributed by atoms with Gasteiger partial charge in [-0.3, -0.25) is 0 Å². The summed E-state index contributed by atoms with van der Waals surface area (Å²) in [5, 5.41) is 0. The van der Waals surface area contributed by atoms with Crippen molar-refractivity contribution in [3.05, 3.63) is 0 Å². The minimum absolute atomic E-state index is 5.11. The van der Waals surface area contributed by atoms with E-state index in [9.17, 15) is 12.2 Å². The zero-order chi connectivity index (χ0) is 7.00. The van der Waals surface area contributed by atoms with Crippen LogP contribution in [-0.4, -0.2) is 34.2 Å². The van der Waals surface area contributed by atoms with Gasteiger partial charge in [0.05, 0.1) is 0 Å². The van der Waals surface area contributed by atoms with Gasteiger partial charge in [-0.15, -0.1) is 0 Å². The van der Waals surface area contributed by atoms with Gasteiger partial charge < -0.3 is 0 Å². The fourth-order valence-corrected chi connectivity index (χ4v) is 0. The molecule has 0 aliphatic rings. The molecule has 8 heteroatoms. The normalized spacial score (nSPS) is 13.9. The van der Waals surface area contributed by atoms with Gasteiger partial charge in [-0.1, -0.05) is 0 Å². The molecule has 0 rings (SSSR count). The zero-order valence-corrected chi connectivity index (χ0v) is 6.11. The van der Waals surface area contributed by atoms with Crippen molar-refractivity contribution in [2.75, 3.05) is 0 Å². The van der Waals surface area contributed by atoms with Gasteiger partial charge in [-0.25, -0.2) is 0 Å². The molecule has 0 radical (unpaired) electrons. The Balaban J connectivity index is 4.84. The molecular weight excluding hydrogens is 203 g/mol. The van der Waals surface area contributed by atoms with E-state index in [0.717, 1.165) is 0 Å².